The zero-order valence-corrected chi connectivity index (χ0v) is 18.4. The minimum atomic E-state index is 0. The third-order valence-electron chi connectivity index (χ3n) is 3.79. The van der Waals surface area contributed by atoms with E-state index in [1.165, 1.54) is 11.1 Å². The van der Waals surface area contributed by atoms with Crippen LogP contribution in [-0.4, -0.2) is 39.3 Å². The lowest BCUT2D eigenvalue weighted by Gasteiger charge is -2.11. The van der Waals surface area contributed by atoms with Gasteiger partial charge < -0.3 is 20.1 Å². The second-order valence-electron chi connectivity index (χ2n) is 5.85. The lowest BCUT2D eigenvalue weighted by molar-refractivity contribution is 0.208. The molecular formula is C21H30IN3O2. The van der Waals surface area contributed by atoms with Gasteiger partial charge in [-0.15, -0.1) is 24.0 Å². The molecule has 0 heterocycles. The summed E-state index contributed by atoms with van der Waals surface area (Å²) in [5.41, 5.74) is 2.43. The number of aliphatic imine (C=N–C) groups is 1. The topological polar surface area (TPSA) is 54.9 Å². The van der Waals surface area contributed by atoms with Crippen LogP contribution in [0.25, 0.3) is 0 Å². The monoisotopic (exact) mass is 483 g/mol. The highest BCUT2D eigenvalue weighted by Crippen LogP contribution is 2.14. The SMILES string of the molecule is CCNC(=NCCOC)NCCc1ccc(OCc2ccccc2)cc1.I. The summed E-state index contributed by atoms with van der Waals surface area (Å²) in [6.45, 7) is 5.59. The van der Waals surface area contributed by atoms with Gasteiger partial charge in [-0.2, -0.15) is 0 Å². The molecule has 5 nitrogen and oxygen atoms in total. The molecule has 2 N–H and O–H groups in total. The number of methoxy groups -OCH3 is 1. The lowest BCUT2D eigenvalue weighted by Crippen LogP contribution is -2.38. The van der Waals surface area contributed by atoms with Crippen LogP contribution in [0.15, 0.2) is 59.6 Å². The molecule has 0 atom stereocenters. The van der Waals surface area contributed by atoms with Crippen LogP contribution in [0.1, 0.15) is 18.1 Å². The van der Waals surface area contributed by atoms with Gasteiger partial charge in [0.25, 0.3) is 0 Å². The molecule has 0 radical (unpaired) electrons. The molecule has 0 saturated heterocycles. The van der Waals surface area contributed by atoms with Crippen LogP contribution in [0.5, 0.6) is 5.75 Å². The fraction of sp³-hybridized carbons (Fsp3) is 0.381. The number of hydrogen-bond acceptors (Lipinski definition) is 3. The summed E-state index contributed by atoms with van der Waals surface area (Å²) >= 11 is 0. The molecule has 6 heteroatoms. The maximum absolute atomic E-state index is 5.82. The Morgan fingerprint density at radius 1 is 0.963 bits per heavy atom. The maximum atomic E-state index is 5.82. The van der Waals surface area contributed by atoms with Crippen LogP contribution >= 0.6 is 24.0 Å². The number of benzene rings is 2. The molecule has 0 aromatic heterocycles. The van der Waals surface area contributed by atoms with Crippen molar-refractivity contribution in [3.63, 3.8) is 0 Å². The van der Waals surface area contributed by atoms with E-state index in [1.54, 1.807) is 7.11 Å². The molecule has 2 aromatic rings. The molecule has 0 amide bonds. The molecule has 148 valence electrons. The quantitative estimate of drug-likeness (QED) is 0.235. The zero-order chi connectivity index (χ0) is 18.5. The fourth-order valence-electron chi connectivity index (χ4n) is 2.41. The second kappa shape index (κ2) is 14.3. The van der Waals surface area contributed by atoms with Crippen molar-refractivity contribution in [3.05, 3.63) is 65.7 Å². The minimum Gasteiger partial charge on any atom is -0.489 e. The molecule has 2 aromatic carbocycles. The highest BCUT2D eigenvalue weighted by atomic mass is 127. The van der Waals surface area contributed by atoms with Crippen molar-refractivity contribution >= 4 is 29.9 Å². The van der Waals surface area contributed by atoms with Crippen molar-refractivity contribution in [1.82, 2.24) is 10.6 Å². The summed E-state index contributed by atoms with van der Waals surface area (Å²) in [5.74, 6) is 1.72. The van der Waals surface area contributed by atoms with Crippen molar-refractivity contribution in [2.24, 2.45) is 4.99 Å². The Labute approximate surface area is 179 Å². The van der Waals surface area contributed by atoms with Crippen LogP contribution in [0.2, 0.25) is 0 Å². The molecule has 0 fully saturated rings. The third kappa shape index (κ3) is 9.63. The minimum absolute atomic E-state index is 0. The molecule has 0 aliphatic heterocycles. The number of rotatable bonds is 10. The van der Waals surface area contributed by atoms with Gasteiger partial charge in [0.1, 0.15) is 12.4 Å². The van der Waals surface area contributed by atoms with Gasteiger partial charge in [0.15, 0.2) is 5.96 Å². The fourth-order valence-corrected chi connectivity index (χ4v) is 2.41. The highest BCUT2D eigenvalue weighted by Gasteiger charge is 1.99. The Morgan fingerprint density at radius 3 is 2.37 bits per heavy atom. The Balaban J connectivity index is 0.00000364. The van der Waals surface area contributed by atoms with Crippen LogP contribution in [0, 0.1) is 0 Å². The summed E-state index contributed by atoms with van der Waals surface area (Å²) in [6, 6.07) is 18.5. The van der Waals surface area contributed by atoms with Gasteiger partial charge >= 0.3 is 0 Å². The Morgan fingerprint density at radius 2 is 1.70 bits per heavy atom. The predicted octanol–water partition coefficient (Wildman–Crippen LogP) is 3.63. The second-order valence-corrected chi connectivity index (χ2v) is 5.85. The summed E-state index contributed by atoms with van der Waals surface area (Å²) in [6.07, 6.45) is 0.924. The first kappa shape index (κ1) is 23.2. The van der Waals surface area contributed by atoms with Crippen molar-refractivity contribution in [2.45, 2.75) is 20.0 Å². The van der Waals surface area contributed by atoms with Gasteiger partial charge in [-0.25, -0.2) is 0 Å². The first-order valence-corrected chi connectivity index (χ1v) is 9.08. The lowest BCUT2D eigenvalue weighted by atomic mass is 10.1. The molecule has 2 rings (SSSR count). The Kier molecular flexibility index (Phi) is 12.3. The smallest absolute Gasteiger partial charge is 0.191 e. The number of hydrogen-bond donors (Lipinski definition) is 2. The van der Waals surface area contributed by atoms with E-state index in [9.17, 15) is 0 Å². The number of nitrogens with zero attached hydrogens (tertiary/aromatic N) is 1. The average Bonchev–Trinajstić information content (AvgIpc) is 2.68. The summed E-state index contributed by atoms with van der Waals surface area (Å²) in [4.78, 5) is 4.45. The number of ether oxygens (including phenoxy) is 2. The number of guanidine groups is 1. The average molecular weight is 483 g/mol. The summed E-state index contributed by atoms with van der Waals surface area (Å²) < 4.78 is 10.8. The molecular weight excluding hydrogens is 453 g/mol. The van der Waals surface area contributed by atoms with E-state index in [2.05, 4.69) is 46.8 Å². The first-order chi connectivity index (χ1) is 12.8. The number of nitrogens with one attached hydrogen (secondary N) is 2. The van der Waals surface area contributed by atoms with E-state index in [-0.39, 0.29) is 24.0 Å². The Hall–Kier alpha value is -1.80. The normalized spacial score (nSPS) is 10.8. The van der Waals surface area contributed by atoms with Crippen LogP contribution in [0.4, 0.5) is 0 Å². The maximum Gasteiger partial charge on any atom is 0.191 e. The van der Waals surface area contributed by atoms with Gasteiger partial charge in [-0.05, 0) is 36.6 Å². The van der Waals surface area contributed by atoms with Crippen molar-refractivity contribution in [3.8, 4) is 5.75 Å². The molecule has 0 bridgehead atoms. The molecule has 0 saturated carbocycles. The largest absolute Gasteiger partial charge is 0.489 e. The summed E-state index contributed by atoms with van der Waals surface area (Å²) in [5, 5.41) is 6.57. The van der Waals surface area contributed by atoms with E-state index in [0.29, 0.717) is 19.8 Å². The van der Waals surface area contributed by atoms with Gasteiger partial charge in [-0.1, -0.05) is 42.5 Å². The van der Waals surface area contributed by atoms with Gasteiger partial charge in [0, 0.05) is 20.2 Å². The zero-order valence-electron chi connectivity index (χ0n) is 16.1. The molecule has 0 unspecified atom stereocenters. The van der Waals surface area contributed by atoms with E-state index in [1.807, 2.05) is 30.3 Å². The predicted molar refractivity (Wildman–Crippen MR) is 122 cm³/mol. The number of halogens is 1. The molecule has 0 aliphatic carbocycles. The van der Waals surface area contributed by atoms with Crippen LogP contribution in [0.3, 0.4) is 0 Å². The van der Waals surface area contributed by atoms with Crippen molar-refractivity contribution in [1.29, 1.82) is 0 Å². The van der Waals surface area contributed by atoms with Gasteiger partial charge in [0.05, 0.1) is 13.2 Å². The van der Waals surface area contributed by atoms with E-state index < -0.39 is 0 Å². The molecule has 0 aliphatic rings. The standard InChI is InChI=1S/C21H29N3O2.HI/c1-3-22-21(24-15-16-25-2)23-14-13-18-9-11-20(12-10-18)26-17-19-7-5-4-6-8-19;/h4-12H,3,13-17H2,1-2H3,(H2,22,23,24);1H. The van der Waals surface area contributed by atoms with Crippen molar-refractivity contribution < 1.29 is 9.47 Å². The van der Waals surface area contributed by atoms with E-state index in [0.717, 1.165) is 31.2 Å². The first-order valence-electron chi connectivity index (χ1n) is 9.08. The van der Waals surface area contributed by atoms with E-state index in [4.69, 9.17) is 9.47 Å². The highest BCUT2D eigenvalue weighted by molar-refractivity contribution is 14.0. The Bertz CT molecular complexity index is 648. The summed E-state index contributed by atoms with van der Waals surface area (Å²) in [7, 11) is 1.68. The van der Waals surface area contributed by atoms with Gasteiger partial charge in [0.2, 0.25) is 0 Å². The van der Waals surface area contributed by atoms with Crippen LogP contribution < -0.4 is 15.4 Å². The van der Waals surface area contributed by atoms with Gasteiger partial charge in [-0.3, -0.25) is 4.99 Å². The molecule has 0 spiro atoms. The van der Waals surface area contributed by atoms with Crippen LogP contribution in [-0.2, 0) is 17.8 Å². The molecule has 27 heavy (non-hydrogen) atoms. The van der Waals surface area contributed by atoms with Crippen molar-refractivity contribution in [2.75, 3.05) is 33.4 Å². The third-order valence-corrected chi connectivity index (χ3v) is 3.79. The van der Waals surface area contributed by atoms with E-state index >= 15 is 0 Å².